The number of anilines is 2. The Kier molecular flexibility index (Phi) is 3.82. The second-order valence-electron chi connectivity index (χ2n) is 5.05. The molecule has 3 rings (SSSR count). The van der Waals surface area contributed by atoms with Gasteiger partial charge >= 0.3 is 5.97 Å². The van der Waals surface area contributed by atoms with Crippen LogP contribution in [0, 0.1) is 0 Å². The number of aromatic nitrogens is 1. The van der Waals surface area contributed by atoms with Gasteiger partial charge in [-0.05, 0) is 42.5 Å². The van der Waals surface area contributed by atoms with Gasteiger partial charge in [-0.25, -0.2) is 18.2 Å². The van der Waals surface area contributed by atoms with Crippen LogP contribution in [0.25, 0.3) is 10.9 Å². The Balaban J connectivity index is 2.02. The van der Waals surface area contributed by atoms with Crippen LogP contribution in [-0.2, 0) is 10.0 Å². The highest BCUT2D eigenvalue weighted by atomic mass is 32.2. The van der Waals surface area contributed by atoms with Crippen LogP contribution in [0.5, 0.6) is 0 Å². The number of carboxylic acids is 1. The van der Waals surface area contributed by atoms with Gasteiger partial charge < -0.3 is 10.8 Å². The lowest BCUT2D eigenvalue weighted by molar-refractivity contribution is 0.0697. The fraction of sp³-hybridized carbons (Fsp3) is 0. The van der Waals surface area contributed by atoms with Gasteiger partial charge in [0.15, 0.2) is 0 Å². The van der Waals surface area contributed by atoms with Crippen molar-refractivity contribution < 1.29 is 18.3 Å². The van der Waals surface area contributed by atoms with E-state index < -0.39 is 16.0 Å². The number of sulfonamides is 1. The van der Waals surface area contributed by atoms with Crippen molar-refractivity contribution in [3.8, 4) is 0 Å². The summed E-state index contributed by atoms with van der Waals surface area (Å²) in [4.78, 5) is 14.9. The van der Waals surface area contributed by atoms with Gasteiger partial charge in [0.25, 0.3) is 10.0 Å². The minimum absolute atomic E-state index is 0.00499. The van der Waals surface area contributed by atoms with Crippen molar-refractivity contribution in [2.24, 2.45) is 0 Å². The molecular formula is C16H13N3O4S. The normalized spacial score (nSPS) is 11.3. The molecule has 0 spiro atoms. The molecule has 24 heavy (non-hydrogen) atoms. The fourth-order valence-electron chi connectivity index (χ4n) is 2.24. The van der Waals surface area contributed by atoms with Crippen molar-refractivity contribution in [2.75, 3.05) is 10.5 Å². The summed E-state index contributed by atoms with van der Waals surface area (Å²) in [5, 5.41) is 9.52. The number of nitrogens with one attached hydrogen (secondary N) is 1. The van der Waals surface area contributed by atoms with E-state index in [0.29, 0.717) is 5.39 Å². The SMILES string of the molecule is Nc1ccc2cccc(S(=O)(=O)Nc3ccc(C(=O)O)cc3)c2n1. The topological polar surface area (TPSA) is 122 Å². The standard InChI is InChI=1S/C16H13N3O4S/c17-14-9-6-10-2-1-3-13(15(10)18-14)24(22,23)19-12-7-4-11(5-8-12)16(20)21/h1-9,19H,(H2,17,18)(H,20,21). The zero-order valence-electron chi connectivity index (χ0n) is 12.3. The maximum absolute atomic E-state index is 12.6. The average Bonchev–Trinajstić information content (AvgIpc) is 2.54. The summed E-state index contributed by atoms with van der Waals surface area (Å²) >= 11 is 0. The molecule has 0 unspecified atom stereocenters. The predicted octanol–water partition coefficient (Wildman–Crippen LogP) is 2.32. The molecule has 0 amide bonds. The Hall–Kier alpha value is -3.13. The molecular weight excluding hydrogens is 330 g/mol. The summed E-state index contributed by atoms with van der Waals surface area (Å²) in [5.41, 5.74) is 6.24. The summed E-state index contributed by atoms with van der Waals surface area (Å²) in [6.45, 7) is 0. The van der Waals surface area contributed by atoms with Crippen LogP contribution in [-0.4, -0.2) is 24.5 Å². The third-order valence-electron chi connectivity index (χ3n) is 3.38. The van der Waals surface area contributed by atoms with Crippen molar-refractivity contribution in [1.82, 2.24) is 4.98 Å². The van der Waals surface area contributed by atoms with Gasteiger partial charge in [0.05, 0.1) is 11.1 Å². The molecule has 122 valence electrons. The average molecular weight is 343 g/mol. The number of benzene rings is 2. The predicted molar refractivity (Wildman–Crippen MR) is 90.4 cm³/mol. The fourth-order valence-corrected chi connectivity index (χ4v) is 3.47. The van der Waals surface area contributed by atoms with E-state index in [1.807, 2.05) is 0 Å². The lowest BCUT2D eigenvalue weighted by Gasteiger charge is -2.10. The van der Waals surface area contributed by atoms with Crippen LogP contribution in [0.15, 0.2) is 59.5 Å². The number of carbonyl (C=O) groups is 1. The Morgan fingerprint density at radius 3 is 2.42 bits per heavy atom. The minimum atomic E-state index is -3.91. The number of nitrogens with two attached hydrogens (primary N) is 1. The van der Waals surface area contributed by atoms with Crippen LogP contribution in [0.4, 0.5) is 11.5 Å². The first-order valence-electron chi connectivity index (χ1n) is 6.88. The summed E-state index contributed by atoms with van der Waals surface area (Å²) in [6.07, 6.45) is 0. The van der Waals surface area contributed by atoms with Crippen molar-refractivity contribution in [3.05, 3.63) is 60.2 Å². The monoisotopic (exact) mass is 343 g/mol. The van der Waals surface area contributed by atoms with Gasteiger partial charge in [0, 0.05) is 11.1 Å². The van der Waals surface area contributed by atoms with Crippen LogP contribution in [0.2, 0.25) is 0 Å². The van der Waals surface area contributed by atoms with Gasteiger partial charge in [-0.3, -0.25) is 4.72 Å². The molecule has 1 heterocycles. The highest BCUT2D eigenvalue weighted by Gasteiger charge is 2.18. The van der Waals surface area contributed by atoms with E-state index in [1.54, 1.807) is 24.3 Å². The number of para-hydroxylation sites is 1. The summed E-state index contributed by atoms with van der Waals surface area (Å²) < 4.78 is 27.7. The van der Waals surface area contributed by atoms with Crippen LogP contribution >= 0.6 is 0 Å². The molecule has 0 saturated carbocycles. The molecule has 1 aromatic heterocycles. The van der Waals surface area contributed by atoms with Gasteiger partial charge in [-0.15, -0.1) is 0 Å². The van der Waals surface area contributed by atoms with Gasteiger partial charge in [-0.2, -0.15) is 0 Å². The first-order valence-corrected chi connectivity index (χ1v) is 8.36. The molecule has 0 aliphatic carbocycles. The van der Waals surface area contributed by atoms with Crippen LogP contribution in [0.3, 0.4) is 0 Å². The summed E-state index contributed by atoms with van der Waals surface area (Å²) in [6, 6.07) is 13.5. The van der Waals surface area contributed by atoms with E-state index in [0.717, 1.165) is 0 Å². The van der Waals surface area contributed by atoms with Gasteiger partial charge in [-0.1, -0.05) is 12.1 Å². The van der Waals surface area contributed by atoms with E-state index in [4.69, 9.17) is 10.8 Å². The van der Waals surface area contributed by atoms with Crippen molar-refractivity contribution in [3.63, 3.8) is 0 Å². The number of nitrogen functional groups attached to an aromatic ring is 1. The first kappa shape index (κ1) is 15.8. The molecule has 2 aromatic carbocycles. The number of carboxylic acid groups (broad SMARTS) is 1. The second kappa shape index (κ2) is 5.82. The summed E-state index contributed by atoms with van der Waals surface area (Å²) in [5.74, 6) is -0.867. The van der Waals surface area contributed by atoms with E-state index in [1.165, 1.54) is 30.3 Å². The molecule has 0 fully saturated rings. The molecule has 7 nitrogen and oxygen atoms in total. The smallest absolute Gasteiger partial charge is 0.335 e. The molecule has 8 heteroatoms. The van der Waals surface area contributed by atoms with Crippen molar-refractivity contribution in [1.29, 1.82) is 0 Å². The van der Waals surface area contributed by atoms with E-state index in [2.05, 4.69) is 9.71 Å². The molecule has 0 aliphatic heterocycles. The maximum Gasteiger partial charge on any atom is 0.335 e. The van der Waals surface area contributed by atoms with E-state index in [-0.39, 0.29) is 27.5 Å². The molecule has 0 radical (unpaired) electrons. The zero-order chi connectivity index (χ0) is 17.3. The highest BCUT2D eigenvalue weighted by molar-refractivity contribution is 7.93. The Labute approximate surface area is 137 Å². The van der Waals surface area contributed by atoms with E-state index in [9.17, 15) is 13.2 Å². The third kappa shape index (κ3) is 2.99. The number of fused-ring (bicyclic) bond motifs is 1. The molecule has 0 aliphatic rings. The minimum Gasteiger partial charge on any atom is -0.478 e. The molecule has 4 N–H and O–H groups in total. The molecule has 3 aromatic rings. The zero-order valence-corrected chi connectivity index (χ0v) is 13.1. The molecule has 0 saturated heterocycles. The van der Waals surface area contributed by atoms with Crippen molar-refractivity contribution >= 4 is 38.4 Å². The van der Waals surface area contributed by atoms with E-state index >= 15 is 0 Å². The van der Waals surface area contributed by atoms with Crippen LogP contribution in [0.1, 0.15) is 10.4 Å². The molecule has 0 bridgehead atoms. The number of hydrogen-bond donors (Lipinski definition) is 3. The second-order valence-corrected chi connectivity index (χ2v) is 6.70. The van der Waals surface area contributed by atoms with Crippen molar-refractivity contribution in [2.45, 2.75) is 4.90 Å². The maximum atomic E-state index is 12.6. The largest absolute Gasteiger partial charge is 0.478 e. The van der Waals surface area contributed by atoms with Gasteiger partial charge in [0.2, 0.25) is 0 Å². The lowest BCUT2D eigenvalue weighted by Crippen LogP contribution is -2.14. The van der Waals surface area contributed by atoms with Gasteiger partial charge in [0.1, 0.15) is 10.7 Å². The number of hydrogen-bond acceptors (Lipinski definition) is 5. The summed E-state index contributed by atoms with van der Waals surface area (Å²) in [7, 11) is -3.91. The highest BCUT2D eigenvalue weighted by Crippen LogP contribution is 2.24. The molecule has 0 atom stereocenters. The third-order valence-corrected chi connectivity index (χ3v) is 4.79. The Bertz CT molecular complexity index is 1030. The first-order chi connectivity index (χ1) is 11.4. The Morgan fingerprint density at radius 1 is 1.04 bits per heavy atom. The number of aromatic carboxylic acids is 1. The quantitative estimate of drug-likeness (QED) is 0.668. The number of nitrogens with zero attached hydrogens (tertiary/aromatic N) is 1. The lowest BCUT2D eigenvalue weighted by atomic mass is 10.2. The number of pyridine rings is 1. The number of rotatable bonds is 4. The van der Waals surface area contributed by atoms with Crippen LogP contribution < -0.4 is 10.5 Å². The Morgan fingerprint density at radius 2 is 1.75 bits per heavy atom.